The van der Waals surface area contributed by atoms with Crippen LogP contribution < -0.4 is 5.32 Å². The summed E-state index contributed by atoms with van der Waals surface area (Å²) in [6, 6.07) is 7.96. The van der Waals surface area contributed by atoms with Crippen LogP contribution in [0.4, 0.5) is 4.79 Å². The number of rotatable bonds is 7. The molecule has 1 aromatic rings. The van der Waals surface area contributed by atoms with Crippen LogP contribution in [0.5, 0.6) is 0 Å². The third-order valence-electron chi connectivity index (χ3n) is 2.86. The number of thioether (sulfide) groups is 1. The molecular weight excluding hydrogens is 276 g/mol. The lowest BCUT2D eigenvalue weighted by Crippen LogP contribution is -2.39. The molecule has 20 heavy (non-hydrogen) atoms. The van der Waals surface area contributed by atoms with Gasteiger partial charge < -0.3 is 15.3 Å². The summed E-state index contributed by atoms with van der Waals surface area (Å²) in [6.07, 6.45) is 2.75. The molecule has 0 aliphatic heterocycles. The normalized spacial score (nSPS) is 10.1. The van der Waals surface area contributed by atoms with Crippen molar-refractivity contribution in [3.63, 3.8) is 0 Å². The summed E-state index contributed by atoms with van der Waals surface area (Å²) in [7, 11) is 1.59. The first-order valence-corrected chi connectivity index (χ1v) is 7.59. The van der Waals surface area contributed by atoms with Gasteiger partial charge in [-0.3, -0.25) is 4.79 Å². The molecule has 110 valence electrons. The van der Waals surface area contributed by atoms with Crippen LogP contribution in [0.1, 0.15) is 12.0 Å². The van der Waals surface area contributed by atoms with E-state index in [1.807, 2.05) is 18.4 Å². The van der Waals surface area contributed by atoms with Crippen molar-refractivity contribution in [1.29, 1.82) is 0 Å². The van der Waals surface area contributed by atoms with Gasteiger partial charge in [-0.25, -0.2) is 4.79 Å². The van der Waals surface area contributed by atoms with E-state index in [4.69, 9.17) is 5.11 Å². The predicted octanol–water partition coefficient (Wildman–Crippen LogP) is 2.07. The molecule has 0 bridgehead atoms. The lowest BCUT2D eigenvalue weighted by molar-refractivity contribution is -0.137. The van der Waals surface area contributed by atoms with Gasteiger partial charge >= 0.3 is 12.0 Å². The van der Waals surface area contributed by atoms with Gasteiger partial charge in [0, 0.05) is 25.0 Å². The zero-order valence-electron chi connectivity index (χ0n) is 11.8. The minimum atomic E-state index is -0.904. The standard InChI is InChI=1S/C14H20N2O3S/c1-16(10-8-13(17)18)14(19)15-9-7-11-3-5-12(20-2)6-4-11/h3-6H,7-10H2,1-2H3,(H,15,19)(H,17,18). The maximum atomic E-state index is 11.7. The van der Waals surface area contributed by atoms with Crippen LogP contribution in [0.15, 0.2) is 29.2 Å². The molecule has 0 aliphatic carbocycles. The maximum Gasteiger partial charge on any atom is 0.317 e. The molecule has 0 saturated carbocycles. The first kappa shape index (κ1) is 16.4. The van der Waals surface area contributed by atoms with Gasteiger partial charge in [-0.1, -0.05) is 12.1 Å². The Morgan fingerprint density at radius 1 is 1.30 bits per heavy atom. The van der Waals surface area contributed by atoms with E-state index in [-0.39, 0.29) is 19.0 Å². The zero-order chi connectivity index (χ0) is 15.0. The van der Waals surface area contributed by atoms with E-state index in [1.165, 1.54) is 9.80 Å². The topological polar surface area (TPSA) is 69.6 Å². The first-order valence-electron chi connectivity index (χ1n) is 6.36. The molecule has 0 aromatic heterocycles. The summed E-state index contributed by atoms with van der Waals surface area (Å²) in [6.45, 7) is 0.748. The van der Waals surface area contributed by atoms with E-state index in [1.54, 1.807) is 18.8 Å². The maximum absolute atomic E-state index is 11.7. The van der Waals surface area contributed by atoms with Gasteiger partial charge in [0.25, 0.3) is 0 Å². The van der Waals surface area contributed by atoms with Crippen LogP contribution in [0, 0.1) is 0 Å². The number of hydrogen-bond donors (Lipinski definition) is 2. The number of carboxylic acid groups (broad SMARTS) is 1. The summed E-state index contributed by atoms with van der Waals surface area (Å²) in [5, 5.41) is 11.3. The number of nitrogens with one attached hydrogen (secondary N) is 1. The second-order valence-electron chi connectivity index (χ2n) is 4.40. The number of hydrogen-bond acceptors (Lipinski definition) is 3. The van der Waals surface area contributed by atoms with E-state index in [2.05, 4.69) is 17.4 Å². The molecule has 2 N–H and O–H groups in total. The third kappa shape index (κ3) is 5.97. The number of carboxylic acids is 1. The minimum Gasteiger partial charge on any atom is -0.481 e. The van der Waals surface area contributed by atoms with Crippen molar-refractivity contribution in [3.05, 3.63) is 29.8 Å². The number of nitrogens with zero attached hydrogens (tertiary/aromatic N) is 1. The van der Waals surface area contributed by atoms with Crippen LogP contribution >= 0.6 is 11.8 Å². The highest BCUT2D eigenvalue weighted by Gasteiger charge is 2.09. The van der Waals surface area contributed by atoms with Crippen molar-refractivity contribution in [2.24, 2.45) is 0 Å². The van der Waals surface area contributed by atoms with Gasteiger partial charge in [-0.15, -0.1) is 11.8 Å². The fourth-order valence-electron chi connectivity index (χ4n) is 1.61. The molecule has 0 spiro atoms. The molecule has 2 amide bonds. The van der Waals surface area contributed by atoms with Crippen molar-refractivity contribution in [2.75, 3.05) is 26.4 Å². The quantitative estimate of drug-likeness (QED) is 0.756. The Bertz CT molecular complexity index is 448. The van der Waals surface area contributed by atoms with Crippen LogP contribution in [0.2, 0.25) is 0 Å². The molecule has 0 unspecified atom stereocenters. The number of benzene rings is 1. The van der Waals surface area contributed by atoms with Crippen molar-refractivity contribution in [3.8, 4) is 0 Å². The van der Waals surface area contributed by atoms with Crippen LogP contribution in [-0.4, -0.2) is 48.4 Å². The molecule has 0 radical (unpaired) electrons. The Labute approximate surface area is 123 Å². The summed E-state index contributed by atoms with van der Waals surface area (Å²) in [5.41, 5.74) is 1.16. The van der Waals surface area contributed by atoms with E-state index >= 15 is 0 Å². The molecular formula is C14H20N2O3S. The number of aliphatic carboxylic acids is 1. The molecule has 0 fully saturated rings. The first-order chi connectivity index (χ1) is 9.52. The SMILES string of the molecule is CSc1ccc(CCNC(=O)N(C)CCC(=O)O)cc1. The van der Waals surface area contributed by atoms with Crippen molar-refractivity contribution < 1.29 is 14.7 Å². The lowest BCUT2D eigenvalue weighted by Gasteiger charge is -2.16. The molecule has 1 aromatic carbocycles. The molecule has 5 nitrogen and oxygen atoms in total. The Balaban J connectivity index is 2.28. The fourth-order valence-corrected chi connectivity index (χ4v) is 2.01. The molecule has 0 saturated heterocycles. The average molecular weight is 296 g/mol. The number of carbonyl (C=O) groups excluding carboxylic acids is 1. The second-order valence-corrected chi connectivity index (χ2v) is 5.27. The number of carbonyl (C=O) groups is 2. The minimum absolute atomic E-state index is 0.0416. The summed E-state index contributed by atoms with van der Waals surface area (Å²) < 4.78 is 0. The molecule has 0 atom stereocenters. The van der Waals surface area contributed by atoms with E-state index in [0.29, 0.717) is 6.54 Å². The largest absolute Gasteiger partial charge is 0.481 e. The second kappa shape index (κ2) is 8.47. The highest BCUT2D eigenvalue weighted by molar-refractivity contribution is 7.98. The zero-order valence-corrected chi connectivity index (χ0v) is 12.6. The number of urea groups is 1. The van der Waals surface area contributed by atoms with Gasteiger partial charge in [0.2, 0.25) is 0 Å². The molecule has 0 aliphatic rings. The summed E-state index contributed by atoms with van der Waals surface area (Å²) in [4.78, 5) is 24.7. The van der Waals surface area contributed by atoms with Crippen LogP contribution in [0.3, 0.4) is 0 Å². The van der Waals surface area contributed by atoms with Gasteiger partial charge in [0.15, 0.2) is 0 Å². The Morgan fingerprint density at radius 3 is 2.50 bits per heavy atom. The Kier molecular flexibility index (Phi) is 6.93. The Hall–Kier alpha value is -1.69. The molecule has 1 rings (SSSR count). The van der Waals surface area contributed by atoms with E-state index in [0.717, 1.165) is 12.0 Å². The molecule has 0 heterocycles. The Morgan fingerprint density at radius 2 is 1.95 bits per heavy atom. The average Bonchev–Trinajstić information content (AvgIpc) is 2.45. The van der Waals surface area contributed by atoms with Gasteiger partial charge in [0.1, 0.15) is 0 Å². The van der Waals surface area contributed by atoms with Gasteiger partial charge in [0.05, 0.1) is 6.42 Å². The van der Waals surface area contributed by atoms with E-state index < -0.39 is 5.97 Å². The monoisotopic (exact) mass is 296 g/mol. The van der Waals surface area contributed by atoms with Gasteiger partial charge in [-0.2, -0.15) is 0 Å². The highest BCUT2D eigenvalue weighted by Crippen LogP contribution is 2.14. The lowest BCUT2D eigenvalue weighted by atomic mass is 10.1. The molecule has 6 heteroatoms. The van der Waals surface area contributed by atoms with Crippen molar-refractivity contribution in [1.82, 2.24) is 10.2 Å². The summed E-state index contributed by atoms with van der Waals surface area (Å²) >= 11 is 1.69. The van der Waals surface area contributed by atoms with E-state index in [9.17, 15) is 9.59 Å². The van der Waals surface area contributed by atoms with Crippen molar-refractivity contribution >= 4 is 23.8 Å². The van der Waals surface area contributed by atoms with Crippen LogP contribution in [-0.2, 0) is 11.2 Å². The third-order valence-corrected chi connectivity index (χ3v) is 3.60. The fraction of sp³-hybridized carbons (Fsp3) is 0.429. The predicted molar refractivity (Wildman–Crippen MR) is 80.2 cm³/mol. The van der Waals surface area contributed by atoms with Gasteiger partial charge in [-0.05, 0) is 30.4 Å². The highest BCUT2D eigenvalue weighted by atomic mass is 32.2. The number of amides is 2. The van der Waals surface area contributed by atoms with Crippen LogP contribution in [0.25, 0.3) is 0 Å². The smallest absolute Gasteiger partial charge is 0.317 e. The summed E-state index contributed by atoms with van der Waals surface area (Å²) in [5.74, 6) is -0.904. The van der Waals surface area contributed by atoms with Crippen molar-refractivity contribution in [2.45, 2.75) is 17.7 Å².